The van der Waals surface area contributed by atoms with Crippen LogP contribution in [-0.4, -0.2) is 25.4 Å². The summed E-state index contributed by atoms with van der Waals surface area (Å²) >= 11 is 0. The van der Waals surface area contributed by atoms with Crippen molar-refractivity contribution in [1.29, 1.82) is 0 Å². The number of nitrogens with two attached hydrogens (primary N) is 1. The molecule has 112 valence electrons. The third kappa shape index (κ3) is 2.71. The number of rotatable bonds is 4. The van der Waals surface area contributed by atoms with Gasteiger partial charge >= 0.3 is 0 Å². The van der Waals surface area contributed by atoms with E-state index in [4.69, 9.17) is 15.2 Å². The summed E-state index contributed by atoms with van der Waals surface area (Å²) in [6.45, 7) is 4.91. The molecule has 0 bridgehead atoms. The fourth-order valence-corrected chi connectivity index (χ4v) is 2.73. The van der Waals surface area contributed by atoms with E-state index in [2.05, 4.69) is 0 Å². The molecule has 0 aliphatic carbocycles. The number of ether oxygens (including phenoxy) is 2. The minimum Gasteiger partial charge on any atom is -0.381 e. The lowest BCUT2D eigenvalue weighted by molar-refractivity contribution is -0.122. The van der Waals surface area contributed by atoms with Crippen molar-refractivity contribution < 1.29 is 18.3 Å². The number of hydrogen-bond donors (Lipinski definition) is 1. The van der Waals surface area contributed by atoms with E-state index in [1.54, 1.807) is 12.1 Å². The molecule has 2 rings (SSSR count). The average Bonchev–Trinajstić information content (AvgIpc) is 2.46. The smallest absolute Gasteiger partial charge is 0.163 e. The summed E-state index contributed by atoms with van der Waals surface area (Å²) in [5, 5.41) is 0. The second-order valence-electron chi connectivity index (χ2n) is 5.19. The van der Waals surface area contributed by atoms with Crippen LogP contribution >= 0.6 is 0 Å². The Morgan fingerprint density at radius 3 is 2.55 bits per heavy atom. The Labute approximate surface area is 118 Å². The largest absolute Gasteiger partial charge is 0.381 e. The highest BCUT2D eigenvalue weighted by molar-refractivity contribution is 5.29. The molecular weight excluding hydrogens is 264 g/mol. The van der Waals surface area contributed by atoms with E-state index >= 15 is 0 Å². The maximum absolute atomic E-state index is 14.1. The average molecular weight is 285 g/mol. The van der Waals surface area contributed by atoms with Gasteiger partial charge in [-0.05, 0) is 19.4 Å². The zero-order valence-electron chi connectivity index (χ0n) is 11.9. The molecule has 1 fully saturated rings. The summed E-state index contributed by atoms with van der Waals surface area (Å²) in [6, 6.07) is 2.39. The van der Waals surface area contributed by atoms with Crippen molar-refractivity contribution in [2.24, 2.45) is 5.73 Å². The molecule has 0 aromatic heterocycles. The van der Waals surface area contributed by atoms with Gasteiger partial charge in [0.05, 0.1) is 11.6 Å². The molecule has 1 aromatic carbocycles. The van der Waals surface area contributed by atoms with Crippen LogP contribution in [0, 0.1) is 18.6 Å². The maximum Gasteiger partial charge on any atom is 0.163 e. The highest BCUT2D eigenvalue weighted by atomic mass is 19.2. The zero-order chi connectivity index (χ0) is 14.8. The van der Waals surface area contributed by atoms with Crippen molar-refractivity contribution in [3.05, 3.63) is 34.9 Å². The van der Waals surface area contributed by atoms with Gasteiger partial charge in [0.15, 0.2) is 11.6 Å². The normalized spacial score (nSPS) is 19.9. The summed E-state index contributed by atoms with van der Waals surface area (Å²) in [4.78, 5) is 0. The van der Waals surface area contributed by atoms with E-state index in [0.717, 1.165) is 0 Å². The SMILES string of the molecule is CCOC1(C(N)c2ccc(C)c(F)c2F)CCOCC1. The minimum atomic E-state index is -0.872. The van der Waals surface area contributed by atoms with Crippen LogP contribution in [0.25, 0.3) is 0 Å². The number of halogens is 2. The predicted octanol–water partition coefficient (Wildman–Crippen LogP) is 2.86. The first-order chi connectivity index (χ1) is 9.52. The molecule has 0 radical (unpaired) electrons. The lowest BCUT2D eigenvalue weighted by Gasteiger charge is -2.41. The van der Waals surface area contributed by atoms with Crippen LogP contribution < -0.4 is 5.73 Å². The van der Waals surface area contributed by atoms with Crippen molar-refractivity contribution in [1.82, 2.24) is 0 Å². The summed E-state index contributed by atoms with van der Waals surface area (Å²) < 4.78 is 39.0. The van der Waals surface area contributed by atoms with Gasteiger partial charge in [0.25, 0.3) is 0 Å². The molecular formula is C15H21F2NO2. The second-order valence-corrected chi connectivity index (χ2v) is 5.19. The molecule has 2 N–H and O–H groups in total. The zero-order valence-corrected chi connectivity index (χ0v) is 11.9. The molecule has 20 heavy (non-hydrogen) atoms. The molecule has 0 spiro atoms. The Balaban J connectivity index is 2.37. The van der Waals surface area contributed by atoms with Crippen LogP contribution in [-0.2, 0) is 9.47 Å². The van der Waals surface area contributed by atoms with Crippen LogP contribution in [0.4, 0.5) is 8.78 Å². The van der Waals surface area contributed by atoms with Crippen LogP contribution in [0.3, 0.4) is 0 Å². The Morgan fingerprint density at radius 1 is 1.30 bits per heavy atom. The molecule has 1 aromatic rings. The van der Waals surface area contributed by atoms with Gasteiger partial charge in [-0.2, -0.15) is 0 Å². The predicted molar refractivity (Wildman–Crippen MR) is 72.4 cm³/mol. The van der Waals surface area contributed by atoms with Gasteiger partial charge in [-0.3, -0.25) is 0 Å². The van der Waals surface area contributed by atoms with Crippen LogP contribution in [0.1, 0.15) is 36.9 Å². The van der Waals surface area contributed by atoms with E-state index in [-0.39, 0.29) is 11.1 Å². The lowest BCUT2D eigenvalue weighted by Crippen LogP contribution is -2.48. The maximum atomic E-state index is 14.1. The van der Waals surface area contributed by atoms with E-state index in [9.17, 15) is 8.78 Å². The first-order valence-electron chi connectivity index (χ1n) is 6.93. The van der Waals surface area contributed by atoms with Crippen LogP contribution in [0.2, 0.25) is 0 Å². The van der Waals surface area contributed by atoms with Gasteiger partial charge in [0.1, 0.15) is 0 Å². The van der Waals surface area contributed by atoms with E-state index < -0.39 is 23.3 Å². The Bertz CT molecular complexity index is 468. The molecule has 1 aliphatic rings. The molecule has 5 heteroatoms. The fourth-order valence-electron chi connectivity index (χ4n) is 2.73. The van der Waals surface area contributed by atoms with Gasteiger partial charge < -0.3 is 15.2 Å². The Morgan fingerprint density at radius 2 is 1.95 bits per heavy atom. The topological polar surface area (TPSA) is 44.5 Å². The van der Waals surface area contributed by atoms with Crippen molar-refractivity contribution in [3.63, 3.8) is 0 Å². The standard InChI is InChI=1S/C15H21F2NO2/c1-3-20-15(6-8-19-9-7-15)14(18)11-5-4-10(2)12(16)13(11)17/h4-5,14H,3,6-9,18H2,1-2H3. The minimum absolute atomic E-state index is 0.170. The van der Waals surface area contributed by atoms with E-state index in [0.29, 0.717) is 32.7 Å². The van der Waals surface area contributed by atoms with Gasteiger partial charge in [-0.15, -0.1) is 0 Å². The monoisotopic (exact) mass is 285 g/mol. The fraction of sp³-hybridized carbons (Fsp3) is 0.600. The van der Waals surface area contributed by atoms with Gasteiger partial charge in [0, 0.05) is 38.2 Å². The first-order valence-corrected chi connectivity index (χ1v) is 6.93. The van der Waals surface area contributed by atoms with Gasteiger partial charge in [0.2, 0.25) is 0 Å². The highest BCUT2D eigenvalue weighted by Crippen LogP contribution is 2.37. The first kappa shape index (κ1) is 15.4. The van der Waals surface area contributed by atoms with Crippen molar-refractivity contribution in [2.75, 3.05) is 19.8 Å². The lowest BCUT2D eigenvalue weighted by atomic mass is 9.82. The number of benzene rings is 1. The number of hydrogen-bond acceptors (Lipinski definition) is 3. The number of aryl methyl sites for hydroxylation is 1. The van der Waals surface area contributed by atoms with E-state index in [1.165, 1.54) is 6.92 Å². The quantitative estimate of drug-likeness (QED) is 0.925. The summed E-state index contributed by atoms with van der Waals surface area (Å²) in [6.07, 6.45) is 1.16. The Kier molecular flexibility index (Phi) is 4.73. The molecule has 1 heterocycles. The Hall–Kier alpha value is -1.04. The van der Waals surface area contributed by atoms with Crippen molar-refractivity contribution in [3.8, 4) is 0 Å². The van der Waals surface area contributed by atoms with Gasteiger partial charge in [-0.25, -0.2) is 8.78 Å². The third-order valence-electron chi connectivity index (χ3n) is 3.98. The van der Waals surface area contributed by atoms with Gasteiger partial charge in [-0.1, -0.05) is 12.1 Å². The summed E-state index contributed by atoms with van der Waals surface area (Å²) in [5.74, 6) is -1.71. The summed E-state index contributed by atoms with van der Waals surface area (Å²) in [7, 11) is 0. The molecule has 1 atom stereocenters. The molecule has 1 unspecified atom stereocenters. The second kappa shape index (κ2) is 6.16. The molecule has 0 amide bonds. The molecule has 0 saturated carbocycles. The van der Waals surface area contributed by atoms with E-state index in [1.807, 2.05) is 6.92 Å². The summed E-state index contributed by atoms with van der Waals surface area (Å²) in [5.41, 5.74) is 5.98. The third-order valence-corrected chi connectivity index (χ3v) is 3.98. The molecule has 3 nitrogen and oxygen atoms in total. The van der Waals surface area contributed by atoms with Crippen molar-refractivity contribution >= 4 is 0 Å². The highest BCUT2D eigenvalue weighted by Gasteiger charge is 2.41. The molecule has 1 aliphatic heterocycles. The van der Waals surface area contributed by atoms with Crippen molar-refractivity contribution in [2.45, 2.75) is 38.3 Å². The molecule has 1 saturated heterocycles. The van der Waals surface area contributed by atoms with Crippen LogP contribution in [0.5, 0.6) is 0 Å². The van der Waals surface area contributed by atoms with Crippen LogP contribution in [0.15, 0.2) is 12.1 Å².